The molecule has 0 spiro atoms. The number of carbonyl (C=O) groups excluding carboxylic acids is 1. The zero-order valence-corrected chi connectivity index (χ0v) is 15.7. The Labute approximate surface area is 142 Å². The number of hydrogen-bond donors (Lipinski definition) is 1. The second-order valence-corrected chi connectivity index (χ2v) is 9.78. The number of rotatable bonds is 9. The normalized spacial score (nSPS) is 13.8. The summed E-state index contributed by atoms with van der Waals surface area (Å²) >= 11 is 0. The molecular weight excluding hydrogens is 347 g/mol. The number of nitrogens with one attached hydrogen (secondary N) is 1. The van der Waals surface area contributed by atoms with Gasteiger partial charge in [-0.15, -0.1) is 0 Å². The molecular formula is C15H28F3NO4S. The average molecular weight is 375 g/mol. The second-order valence-electron chi connectivity index (χ2n) is 7.12. The van der Waals surface area contributed by atoms with Crippen molar-refractivity contribution in [3.63, 3.8) is 0 Å². The molecule has 5 nitrogen and oxygen atoms in total. The molecule has 0 unspecified atom stereocenters. The number of hydrogen-bond acceptors (Lipinski definition) is 4. The van der Waals surface area contributed by atoms with E-state index in [1.165, 1.54) is 13.8 Å². The number of ether oxygens (including phenoxy) is 1. The Morgan fingerprint density at radius 2 is 1.58 bits per heavy atom. The van der Waals surface area contributed by atoms with E-state index in [2.05, 4.69) is 5.32 Å². The van der Waals surface area contributed by atoms with Gasteiger partial charge in [-0.3, -0.25) is 4.79 Å². The van der Waals surface area contributed by atoms with Crippen LogP contribution in [0.2, 0.25) is 0 Å². The van der Waals surface area contributed by atoms with Gasteiger partial charge in [0.15, 0.2) is 9.84 Å². The fraction of sp³-hybridized carbons (Fsp3) is 0.933. The maximum absolute atomic E-state index is 12.1. The maximum atomic E-state index is 12.1. The van der Waals surface area contributed by atoms with Gasteiger partial charge in [0.25, 0.3) is 0 Å². The van der Waals surface area contributed by atoms with Crippen LogP contribution in [-0.4, -0.2) is 49.8 Å². The van der Waals surface area contributed by atoms with E-state index in [1.807, 2.05) is 20.8 Å². The summed E-state index contributed by atoms with van der Waals surface area (Å²) in [6, 6.07) is 0. The van der Waals surface area contributed by atoms with Crippen LogP contribution in [0.4, 0.5) is 13.2 Å². The molecule has 0 fully saturated rings. The summed E-state index contributed by atoms with van der Waals surface area (Å²) in [5.74, 6) is -1.40. The van der Waals surface area contributed by atoms with Crippen molar-refractivity contribution in [1.29, 1.82) is 0 Å². The standard InChI is InChI=1S/C15H28F3NO4S/c1-13(2,3)23-10-7-9-19-12(20)14(4,5)24(21,22)11-6-8-15(16,17)18/h6-11H2,1-5H3,(H,19,20). The van der Waals surface area contributed by atoms with Crippen molar-refractivity contribution in [3.8, 4) is 0 Å². The minimum absolute atomic E-state index is 0.233. The van der Waals surface area contributed by atoms with Crippen molar-refractivity contribution in [2.75, 3.05) is 18.9 Å². The number of carbonyl (C=O) groups is 1. The van der Waals surface area contributed by atoms with Crippen LogP contribution >= 0.6 is 0 Å². The van der Waals surface area contributed by atoms with E-state index in [-0.39, 0.29) is 12.1 Å². The monoisotopic (exact) mass is 375 g/mol. The van der Waals surface area contributed by atoms with Gasteiger partial charge in [-0.25, -0.2) is 8.42 Å². The quantitative estimate of drug-likeness (QED) is 0.629. The molecule has 0 aromatic carbocycles. The highest BCUT2D eigenvalue weighted by Gasteiger charge is 2.41. The van der Waals surface area contributed by atoms with Crippen molar-refractivity contribution in [3.05, 3.63) is 0 Å². The molecule has 24 heavy (non-hydrogen) atoms. The molecule has 1 amide bonds. The van der Waals surface area contributed by atoms with E-state index >= 15 is 0 Å². The van der Waals surface area contributed by atoms with Crippen molar-refractivity contribution < 1.29 is 31.1 Å². The summed E-state index contributed by atoms with van der Waals surface area (Å²) in [6.07, 6.45) is -5.64. The van der Waals surface area contributed by atoms with E-state index in [0.29, 0.717) is 13.0 Å². The summed E-state index contributed by atoms with van der Waals surface area (Å²) in [4.78, 5) is 12.1. The minimum atomic E-state index is -4.41. The summed E-state index contributed by atoms with van der Waals surface area (Å²) in [6.45, 7) is 8.72. The van der Waals surface area contributed by atoms with E-state index < -0.39 is 45.3 Å². The van der Waals surface area contributed by atoms with Gasteiger partial charge in [0.2, 0.25) is 5.91 Å². The van der Waals surface area contributed by atoms with Crippen molar-refractivity contribution in [2.45, 2.75) is 70.4 Å². The highest BCUT2D eigenvalue weighted by molar-refractivity contribution is 7.93. The number of alkyl halides is 3. The fourth-order valence-electron chi connectivity index (χ4n) is 1.72. The van der Waals surface area contributed by atoms with Crippen molar-refractivity contribution in [1.82, 2.24) is 5.32 Å². The Morgan fingerprint density at radius 3 is 2.04 bits per heavy atom. The van der Waals surface area contributed by atoms with E-state index in [4.69, 9.17) is 4.74 Å². The molecule has 0 saturated heterocycles. The summed E-state index contributed by atoms with van der Waals surface area (Å²) in [7, 11) is -3.99. The lowest BCUT2D eigenvalue weighted by molar-refractivity contribution is -0.134. The smallest absolute Gasteiger partial charge is 0.376 e. The number of sulfone groups is 1. The lowest BCUT2D eigenvalue weighted by Gasteiger charge is -2.24. The van der Waals surface area contributed by atoms with E-state index in [1.54, 1.807) is 0 Å². The molecule has 0 aromatic heterocycles. The van der Waals surface area contributed by atoms with Crippen molar-refractivity contribution in [2.24, 2.45) is 0 Å². The fourth-order valence-corrected chi connectivity index (χ4v) is 3.11. The predicted molar refractivity (Wildman–Crippen MR) is 86.5 cm³/mol. The first-order valence-electron chi connectivity index (χ1n) is 7.80. The summed E-state index contributed by atoms with van der Waals surface area (Å²) in [5, 5.41) is 2.50. The Hall–Kier alpha value is -0.830. The van der Waals surface area contributed by atoms with Crippen LogP contribution < -0.4 is 5.32 Å². The molecule has 0 rings (SSSR count). The second kappa shape index (κ2) is 8.51. The summed E-state index contributed by atoms with van der Waals surface area (Å²) < 4.78 is 64.4. The predicted octanol–water partition coefficient (Wildman–Crippen LogP) is 2.84. The molecule has 0 heterocycles. The van der Waals surface area contributed by atoms with Gasteiger partial charge in [-0.05, 0) is 47.5 Å². The molecule has 0 bridgehead atoms. The molecule has 0 aliphatic rings. The first-order chi connectivity index (χ1) is 10.6. The number of halogens is 3. The Kier molecular flexibility index (Phi) is 8.22. The van der Waals surface area contributed by atoms with Gasteiger partial charge >= 0.3 is 6.18 Å². The largest absolute Gasteiger partial charge is 0.389 e. The van der Waals surface area contributed by atoms with Crippen LogP contribution in [0.3, 0.4) is 0 Å². The average Bonchev–Trinajstić information content (AvgIpc) is 2.34. The molecule has 9 heteroatoms. The summed E-state index contributed by atoms with van der Waals surface area (Å²) in [5.41, 5.74) is -0.300. The third-order valence-electron chi connectivity index (χ3n) is 3.34. The Balaban J connectivity index is 4.44. The topological polar surface area (TPSA) is 72.5 Å². The Morgan fingerprint density at radius 1 is 1.04 bits per heavy atom. The van der Waals surface area contributed by atoms with Crippen LogP contribution in [0.1, 0.15) is 53.9 Å². The van der Waals surface area contributed by atoms with Gasteiger partial charge in [0.1, 0.15) is 4.75 Å². The third kappa shape index (κ3) is 8.86. The highest BCUT2D eigenvalue weighted by Crippen LogP contribution is 2.24. The van der Waals surface area contributed by atoms with Crippen LogP contribution in [0.25, 0.3) is 0 Å². The molecule has 0 atom stereocenters. The third-order valence-corrected chi connectivity index (χ3v) is 5.91. The minimum Gasteiger partial charge on any atom is -0.376 e. The van der Waals surface area contributed by atoms with Crippen LogP contribution in [-0.2, 0) is 19.4 Å². The molecule has 0 radical (unpaired) electrons. The van der Waals surface area contributed by atoms with E-state index in [0.717, 1.165) is 0 Å². The molecule has 144 valence electrons. The highest BCUT2D eigenvalue weighted by atomic mass is 32.2. The Bertz CT molecular complexity index is 508. The van der Waals surface area contributed by atoms with Gasteiger partial charge < -0.3 is 10.1 Å². The molecule has 0 aliphatic heterocycles. The lowest BCUT2D eigenvalue weighted by atomic mass is 10.2. The first kappa shape index (κ1) is 23.2. The first-order valence-corrected chi connectivity index (χ1v) is 9.45. The molecule has 0 aliphatic carbocycles. The zero-order chi connectivity index (χ0) is 19.2. The van der Waals surface area contributed by atoms with Crippen LogP contribution in [0.5, 0.6) is 0 Å². The molecule has 0 saturated carbocycles. The maximum Gasteiger partial charge on any atom is 0.389 e. The van der Waals surface area contributed by atoms with Gasteiger partial charge in [0, 0.05) is 19.6 Å². The van der Waals surface area contributed by atoms with Crippen LogP contribution in [0.15, 0.2) is 0 Å². The molecule has 0 aromatic rings. The van der Waals surface area contributed by atoms with Gasteiger partial charge in [0.05, 0.1) is 11.4 Å². The lowest BCUT2D eigenvalue weighted by Crippen LogP contribution is -2.49. The van der Waals surface area contributed by atoms with Gasteiger partial charge in [-0.2, -0.15) is 13.2 Å². The van der Waals surface area contributed by atoms with Crippen LogP contribution in [0, 0.1) is 0 Å². The SMILES string of the molecule is CC(C)(C)OCCCNC(=O)C(C)(C)S(=O)(=O)CCCC(F)(F)F. The van der Waals surface area contributed by atoms with Gasteiger partial charge in [-0.1, -0.05) is 0 Å². The van der Waals surface area contributed by atoms with Crippen molar-refractivity contribution >= 4 is 15.7 Å². The molecule has 1 N–H and O–H groups in total. The van der Waals surface area contributed by atoms with E-state index in [9.17, 15) is 26.4 Å². The number of amides is 1. The zero-order valence-electron chi connectivity index (χ0n) is 14.9.